The first-order valence-electron chi connectivity index (χ1n) is 8.02. The van der Waals surface area contributed by atoms with Gasteiger partial charge < -0.3 is 14.7 Å². The predicted molar refractivity (Wildman–Crippen MR) is 85.8 cm³/mol. The number of hydrogen-bond donors (Lipinski definition) is 1. The third-order valence-corrected chi connectivity index (χ3v) is 4.07. The highest BCUT2D eigenvalue weighted by Crippen LogP contribution is 2.19. The summed E-state index contributed by atoms with van der Waals surface area (Å²) in [6, 6.07) is 5.05. The van der Waals surface area contributed by atoms with E-state index in [1.165, 1.54) is 0 Å². The normalized spacial score (nSPS) is 17.0. The number of nitrogens with zero attached hydrogens (tertiary/aromatic N) is 3. The van der Waals surface area contributed by atoms with Crippen LogP contribution < -0.4 is 5.32 Å². The number of nitrogens with one attached hydrogen (secondary N) is 1. The lowest BCUT2D eigenvalue weighted by molar-refractivity contribution is -0.138. The van der Waals surface area contributed by atoms with E-state index in [2.05, 4.69) is 15.5 Å². The monoisotopic (exact) mass is 328 g/mol. The molecule has 0 radical (unpaired) electrons. The Morgan fingerprint density at radius 1 is 1.46 bits per heavy atom. The van der Waals surface area contributed by atoms with Gasteiger partial charge in [-0.2, -0.15) is 0 Å². The van der Waals surface area contributed by atoms with Gasteiger partial charge in [-0.25, -0.2) is 0 Å². The van der Waals surface area contributed by atoms with Crippen LogP contribution in [0.2, 0.25) is 0 Å². The molecule has 0 aromatic carbocycles. The van der Waals surface area contributed by atoms with Crippen molar-refractivity contribution in [2.24, 2.45) is 0 Å². The summed E-state index contributed by atoms with van der Waals surface area (Å²) < 4.78 is 5.09. The van der Waals surface area contributed by atoms with Crippen molar-refractivity contribution in [1.29, 1.82) is 0 Å². The molecular weight excluding hydrogens is 308 g/mol. The fourth-order valence-corrected chi connectivity index (χ4v) is 2.90. The Labute approximate surface area is 140 Å². The lowest BCUT2D eigenvalue weighted by Gasteiger charge is -2.23. The van der Waals surface area contributed by atoms with Crippen LogP contribution in [0.5, 0.6) is 0 Å². The molecule has 0 spiro atoms. The Kier molecular flexibility index (Phi) is 4.88. The number of aromatic nitrogens is 2. The minimum absolute atomic E-state index is 0.106. The average molecular weight is 328 g/mol. The Morgan fingerprint density at radius 3 is 3.04 bits per heavy atom. The molecule has 0 saturated carbocycles. The van der Waals surface area contributed by atoms with E-state index in [4.69, 9.17) is 4.52 Å². The molecule has 3 rings (SSSR count). The third kappa shape index (κ3) is 3.79. The van der Waals surface area contributed by atoms with Crippen LogP contribution >= 0.6 is 0 Å². The number of amides is 2. The molecule has 0 bridgehead atoms. The standard InChI is InChI=1S/C17H20N4O3/c1-12-8-14(24-20-12)9-16(22)21-7-3-5-15(21)17(23)19-11-13-4-2-6-18-10-13/h2,4,6,8,10,15H,3,5,7,9,11H2,1H3,(H,19,23). The molecule has 126 valence electrons. The summed E-state index contributed by atoms with van der Waals surface area (Å²) in [6.07, 6.45) is 5.04. The van der Waals surface area contributed by atoms with Crippen molar-refractivity contribution >= 4 is 11.8 Å². The van der Waals surface area contributed by atoms with Crippen molar-refractivity contribution in [1.82, 2.24) is 20.4 Å². The summed E-state index contributed by atoms with van der Waals surface area (Å²) in [5.41, 5.74) is 1.67. The van der Waals surface area contributed by atoms with Crippen molar-refractivity contribution in [2.75, 3.05) is 6.54 Å². The third-order valence-electron chi connectivity index (χ3n) is 4.07. The van der Waals surface area contributed by atoms with Gasteiger partial charge in [-0.15, -0.1) is 0 Å². The summed E-state index contributed by atoms with van der Waals surface area (Å²) in [4.78, 5) is 30.5. The maximum Gasteiger partial charge on any atom is 0.243 e. The molecule has 1 fully saturated rings. The van der Waals surface area contributed by atoms with Gasteiger partial charge in [0.1, 0.15) is 11.8 Å². The molecular formula is C17H20N4O3. The molecule has 1 aliphatic heterocycles. The molecule has 0 aliphatic carbocycles. The molecule has 2 amide bonds. The number of pyridine rings is 1. The highest BCUT2D eigenvalue weighted by molar-refractivity contribution is 5.88. The number of carbonyl (C=O) groups excluding carboxylic acids is 2. The largest absolute Gasteiger partial charge is 0.361 e. The van der Waals surface area contributed by atoms with E-state index in [0.29, 0.717) is 25.3 Å². The van der Waals surface area contributed by atoms with E-state index in [1.54, 1.807) is 23.4 Å². The molecule has 24 heavy (non-hydrogen) atoms. The molecule has 7 nitrogen and oxygen atoms in total. The Morgan fingerprint density at radius 2 is 2.33 bits per heavy atom. The summed E-state index contributed by atoms with van der Waals surface area (Å²) in [5, 5.41) is 6.67. The number of rotatable bonds is 5. The molecule has 1 unspecified atom stereocenters. The number of carbonyl (C=O) groups is 2. The predicted octanol–water partition coefficient (Wildman–Crippen LogP) is 1.23. The van der Waals surface area contributed by atoms with E-state index in [1.807, 2.05) is 19.1 Å². The van der Waals surface area contributed by atoms with Gasteiger partial charge in [0.05, 0.1) is 12.1 Å². The van der Waals surface area contributed by atoms with Gasteiger partial charge in [-0.3, -0.25) is 14.6 Å². The van der Waals surface area contributed by atoms with Crippen LogP contribution in [0.25, 0.3) is 0 Å². The Hall–Kier alpha value is -2.70. The molecule has 1 aliphatic rings. The van der Waals surface area contributed by atoms with E-state index in [0.717, 1.165) is 17.7 Å². The minimum Gasteiger partial charge on any atom is -0.361 e. The molecule has 1 N–H and O–H groups in total. The fraction of sp³-hybridized carbons (Fsp3) is 0.412. The molecule has 7 heteroatoms. The minimum atomic E-state index is -0.418. The van der Waals surface area contributed by atoms with Gasteiger partial charge in [0, 0.05) is 31.5 Å². The van der Waals surface area contributed by atoms with Gasteiger partial charge in [-0.05, 0) is 31.4 Å². The number of aryl methyl sites for hydroxylation is 1. The van der Waals surface area contributed by atoms with Crippen LogP contribution in [-0.2, 0) is 22.6 Å². The number of hydrogen-bond acceptors (Lipinski definition) is 5. The first-order valence-corrected chi connectivity index (χ1v) is 8.02. The Bertz CT molecular complexity index is 714. The Balaban J connectivity index is 1.57. The van der Waals surface area contributed by atoms with Gasteiger partial charge in [0.25, 0.3) is 0 Å². The van der Waals surface area contributed by atoms with Gasteiger partial charge in [-0.1, -0.05) is 11.2 Å². The zero-order valence-electron chi connectivity index (χ0n) is 13.6. The van der Waals surface area contributed by atoms with Crippen molar-refractivity contribution in [3.8, 4) is 0 Å². The second kappa shape index (κ2) is 7.25. The zero-order valence-corrected chi connectivity index (χ0v) is 13.6. The molecule has 1 atom stereocenters. The summed E-state index contributed by atoms with van der Waals surface area (Å²) in [7, 11) is 0. The second-order valence-electron chi connectivity index (χ2n) is 5.94. The van der Waals surface area contributed by atoms with Crippen LogP contribution in [0, 0.1) is 6.92 Å². The van der Waals surface area contributed by atoms with Crippen LogP contribution in [0.15, 0.2) is 35.1 Å². The van der Waals surface area contributed by atoms with Crippen LogP contribution in [-0.4, -0.2) is 39.4 Å². The van der Waals surface area contributed by atoms with Gasteiger partial charge >= 0.3 is 0 Å². The summed E-state index contributed by atoms with van der Waals surface area (Å²) in [6.45, 7) is 2.81. The van der Waals surface area contributed by atoms with Crippen molar-refractivity contribution in [3.05, 3.63) is 47.6 Å². The van der Waals surface area contributed by atoms with Gasteiger partial charge in [0.15, 0.2) is 0 Å². The van der Waals surface area contributed by atoms with Gasteiger partial charge in [0.2, 0.25) is 11.8 Å². The van der Waals surface area contributed by atoms with E-state index >= 15 is 0 Å². The lowest BCUT2D eigenvalue weighted by Crippen LogP contribution is -2.46. The molecule has 1 saturated heterocycles. The average Bonchev–Trinajstić information content (AvgIpc) is 3.22. The van der Waals surface area contributed by atoms with E-state index in [-0.39, 0.29) is 18.2 Å². The molecule has 2 aromatic rings. The molecule has 3 heterocycles. The van der Waals surface area contributed by atoms with E-state index in [9.17, 15) is 9.59 Å². The van der Waals surface area contributed by atoms with Crippen LogP contribution in [0.1, 0.15) is 29.9 Å². The quantitative estimate of drug-likeness (QED) is 0.892. The summed E-state index contributed by atoms with van der Waals surface area (Å²) in [5.74, 6) is 0.294. The highest BCUT2D eigenvalue weighted by Gasteiger charge is 2.34. The lowest BCUT2D eigenvalue weighted by atomic mass is 10.2. The maximum absolute atomic E-state index is 12.5. The highest BCUT2D eigenvalue weighted by atomic mass is 16.5. The maximum atomic E-state index is 12.5. The van der Waals surface area contributed by atoms with Crippen LogP contribution in [0.4, 0.5) is 0 Å². The first-order chi connectivity index (χ1) is 11.6. The van der Waals surface area contributed by atoms with Crippen molar-refractivity contribution in [3.63, 3.8) is 0 Å². The van der Waals surface area contributed by atoms with E-state index < -0.39 is 6.04 Å². The smallest absolute Gasteiger partial charge is 0.243 e. The SMILES string of the molecule is Cc1cc(CC(=O)N2CCCC2C(=O)NCc2cccnc2)on1. The summed E-state index contributed by atoms with van der Waals surface area (Å²) >= 11 is 0. The zero-order chi connectivity index (χ0) is 16.9. The molecule has 2 aromatic heterocycles. The number of likely N-dealkylation sites (tertiary alicyclic amines) is 1. The fourth-order valence-electron chi connectivity index (χ4n) is 2.90. The van der Waals surface area contributed by atoms with Crippen LogP contribution in [0.3, 0.4) is 0 Å². The topological polar surface area (TPSA) is 88.3 Å². The van der Waals surface area contributed by atoms with Crippen molar-refractivity contribution in [2.45, 2.75) is 38.8 Å². The second-order valence-corrected chi connectivity index (χ2v) is 5.94. The first kappa shape index (κ1) is 16.2. The van der Waals surface area contributed by atoms with Crippen molar-refractivity contribution < 1.29 is 14.1 Å².